The van der Waals surface area contributed by atoms with Crippen molar-refractivity contribution in [2.45, 2.75) is 32.9 Å². The second kappa shape index (κ2) is 7.22. The molecule has 116 valence electrons. The van der Waals surface area contributed by atoms with Gasteiger partial charge in [0.2, 0.25) is 17.8 Å². The normalized spacial score (nSPS) is 13.1. The third-order valence-corrected chi connectivity index (χ3v) is 2.40. The van der Waals surface area contributed by atoms with E-state index in [0.29, 0.717) is 6.54 Å². The summed E-state index contributed by atoms with van der Waals surface area (Å²) >= 11 is 0. The van der Waals surface area contributed by atoms with E-state index < -0.39 is 24.0 Å². The fourth-order valence-electron chi connectivity index (χ4n) is 1.25. The molecule has 0 saturated carbocycles. The molecular formula is C11H18N6O4. The molecule has 0 radical (unpaired) electrons. The highest BCUT2D eigenvalue weighted by atomic mass is 16.4. The van der Waals surface area contributed by atoms with Gasteiger partial charge in [-0.25, -0.2) is 0 Å². The lowest BCUT2D eigenvalue weighted by atomic mass is 10.3. The van der Waals surface area contributed by atoms with Crippen LogP contribution in [-0.4, -0.2) is 55.7 Å². The van der Waals surface area contributed by atoms with Gasteiger partial charge in [0.1, 0.15) is 12.1 Å². The zero-order valence-corrected chi connectivity index (χ0v) is 11.9. The Morgan fingerprint density at radius 2 is 1.33 bits per heavy atom. The van der Waals surface area contributed by atoms with Crippen LogP contribution in [0.1, 0.15) is 20.8 Å². The molecule has 0 saturated heterocycles. The Kier molecular flexibility index (Phi) is 5.64. The second-order valence-electron chi connectivity index (χ2n) is 4.25. The summed E-state index contributed by atoms with van der Waals surface area (Å²) in [6.45, 7) is 5.26. The Balaban J connectivity index is 2.99. The Labute approximate surface area is 121 Å². The molecule has 10 heteroatoms. The summed E-state index contributed by atoms with van der Waals surface area (Å²) in [6, 6.07) is -1.79. The van der Waals surface area contributed by atoms with Gasteiger partial charge >= 0.3 is 11.9 Å². The predicted molar refractivity (Wildman–Crippen MR) is 75.4 cm³/mol. The van der Waals surface area contributed by atoms with E-state index in [1.165, 1.54) is 13.8 Å². The molecule has 10 nitrogen and oxygen atoms in total. The van der Waals surface area contributed by atoms with Crippen molar-refractivity contribution >= 4 is 29.8 Å². The molecule has 0 spiro atoms. The summed E-state index contributed by atoms with van der Waals surface area (Å²) in [5.74, 6) is -1.83. The summed E-state index contributed by atoms with van der Waals surface area (Å²) in [5, 5.41) is 25.8. The summed E-state index contributed by atoms with van der Waals surface area (Å²) in [4.78, 5) is 33.6. The van der Waals surface area contributed by atoms with Crippen LogP contribution in [0.3, 0.4) is 0 Å². The SMILES string of the molecule is CCNc1nc(NC(C)C(=O)O)nc(NC(C)C(=O)O)n1. The molecule has 0 bridgehead atoms. The zero-order chi connectivity index (χ0) is 16.0. The fraction of sp³-hybridized carbons (Fsp3) is 0.545. The molecule has 5 N–H and O–H groups in total. The lowest BCUT2D eigenvalue weighted by Gasteiger charge is -2.14. The van der Waals surface area contributed by atoms with Gasteiger partial charge in [-0.3, -0.25) is 9.59 Å². The lowest BCUT2D eigenvalue weighted by Crippen LogP contribution is -2.29. The topological polar surface area (TPSA) is 149 Å². The number of rotatable bonds is 8. The molecule has 1 aromatic rings. The van der Waals surface area contributed by atoms with Crippen LogP contribution in [0.15, 0.2) is 0 Å². The maximum atomic E-state index is 10.8. The van der Waals surface area contributed by atoms with Crippen LogP contribution in [0, 0.1) is 0 Å². The summed E-state index contributed by atoms with van der Waals surface area (Å²) in [5.41, 5.74) is 0. The average molecular weight is 298 g/mol. The number of carboxylic acid groups (broad SMARTS) is 2. The standard InChI is InChI=1S/C11H18N6O4/c1-4-12-9-15-10(13-5(2)7(18)19)17-11(16-9)14-6(3)8(20)21/h5-6H,4H2,1-3H3,(H,18,19)(H,20,21)(H3,12,13,14,15,16,17). The molecule has 0 fully saturated rings. The average Bonchev–Trinajstić information content (AvgIpc) is 2.38. The number of aliphatic carboxylic acids is 2. The van der Waals surface area contributed by atoms with E-state index >= 15 is 0 Å². The van der Waals surface area contributed by atoms with Gasteiger partial charge in [0, 0.05) is 6.54 Å². The van der Waals surface area contributed by atoms with Crippen LogP contribution in [0.2, 0.25) is 0 Å². The number of carbonyl (C=O) groups is 2. The number of nitrogens with one attached hydrogen (secondary N) is 3. The van der Waals surface area contributed by atoms with Crippen LogP contribution in [0.5, 0.6) is 0 Å². The third kappa shape index (κ3) is 5.09. The van der Waals surface area contributed by atoms with E-state index in [1.54, 1.807) is 0 Å². The number of nitrogens with zero attached hydrogens (tertiary/aromatic N) is 3. The van der Waals surface area contributed by atoms with Crippen LogP contribution >= 0.6 is 0 Å². The quantitative estimate of drug-likeness (QED) is 0.446. The minimum Gasteiger partial charge on any atom is -0.480 e. The molecule has 0 aliphatic heterocycles. The number of hydrogen-bond acceptors (Lipinski definition) is 8. The Hall–Kier alpha value is -2.65. The minimum absolute atomic E-state index is 0.0379. The zero-order valence-electron chi connectivity index (χ0n) is 11.9. The first-order valence-electron chi connectivity index (χ1n) is 6.32. The largest absolute Gasteiger partial charge is 0.480 e. The molecule has 1 aromatic heterocycles. The molecule has 1 rings (SSSR count). The number of hydrogen-bond donors (Lipinski definition) is 5. The smallest absolute Gasteiger partial charge is 0.325 e. The van der Waals surface area contributed by atoms with Gasteiger partial charge in [-0.1, -0.05) is 0 Å². The predicted octanol–water partition coefficient (Wildman–Crippen LogP) is 0.0734. The second-order valence-corrected chi connectivity index (χ2v) is 4.25. The van der Waals surface area contributed by atoms with E-state index in [1.807, 2.05) is 6.92 Å². The van der Waals surface area contributed by atoms with Gasteiger partial charge in [-0.05, 0) is 20.8 Å². The summed E-state index contributed by atoms with van der Waals surface area (Å²) in [6.07, 6.45) is 0. The molecule has 0 amide bonds. The fourth-order valence-corrected chi connectivity index (χ4v) is 1.25. The maximum absolute atomic E-state index is 10.8. The molecule has 1 heterocycles. The molecule has 0 aliphatic rings. The first-order valence-corrected chi connectivity index (χ1v) is 6.32. The van der Waals surface area contributed by atoms with Gasteiger partial charge in [0.05, 0.1) is 0 Å². The first-order chi connectivity index (χ1) is 9.83. The number of carboxylic acids is 2. The van der Waals surface area contributed by atoms with E-state index in [2.05, 4.69) is 30.9 Å². The minimum atomic E-state index is -1.06. The van der Waals surface area contributed by atoms with Crippen molar-refractivity contribution in [2.24, 2.45) is 0 Å². The summed E-state index contributed by atoms with van der Waals surface area (Å²) < 4.78 is 0. The molecular weight excluding hydrogens is 280 g/mol. The molecule has 2 atom stereocenters. The van der Waals surface area contributed by atoms with Gasteiger partial charge in [0.25, 0.3) is 0 Å². The van der Waals surface area contributed by atoms with Crippen molar-refractivity contribution in [3.8, 4) is 0 Å². The number of anilines is 3. The number of aromatic nitrogens is 3. The van der Waals surface area contributed by atoms with E-state index in [4.69, 9.17) is 10.2 Å². The first kappa shape index (κ1) is 16.4. The van der Waals surface area contributed by atoms with E-state index in [9.17, 15) is 9.59 Å². The monoisotopic (exact) mass is 298 g/mol. The molecule has 21 heavy (non-hydrogen) atoms. The van der Waals surface area contributed by atoms with Crippen LogP contribution in [-0.2, 0) is 9.59 Å². The summed E-state index contributed by atoms with van der Waals surface area (Å²) in [7, 11) is 0. The highest BCUT2D eigenvalue weighted by Crippen LogP contribution is 2.11. The van der Waals surface area contributed by atoms with Crippen LogP contribution in [0.4, 0.5) is 17.8 Å². The van der Waals surface area contributed by atoms with E-state index in [-0.39, 0.29) is 17.8 Å². The van der Waals surface area contributed by atoms with Gasteiger partial charge in [-0.15, -0.1) is 0 Å². The molecule has 2 unspecified atom stereocenters. The van der Waals surface area contributed by atoms with Gasteiger partial charge < -0.3 is 26.2 Å². The molecule has 0 aromatic carbocycles. The Bertz CT molecular complexity index is 483. The maximum Gasteiger partial charge on any atom is 0.325 e. The Morgan fingerprint density at radius 3 is 1.67 bits per heavy atom. The highest BCUT2D eigenvalue weighted by Gasteiger charge is 2.16. The van der Waals surface area contributed by atoms with Crippen molar-refractivity contribution in [3.05, 3.63) is 0 Å². The Morgan fingerprint density at radius 1 is 0.952 bits per heavy atom. The molecule has 0 aliphatic carbocycles. The van der Waals surface area contributed by atoms with Gasteiger partial charge in [0.15, 0.2) is 0 Å². The van der Waals surface area contributed by atoms with Crippen molar-refractivity contribution in [1.82, 2.24) is 15.0 Å². The van der Waals surface area contributed by atoms with Crippen LogP contribution in [0.25, 0.3) is 0 Å². The van der Waals surface area contributed by atoms with Gasteiger partial charge in [-0.2, -0.15) is 15.0 Å². The van der Waals surface area contributed by atoms with E-state index in [0.717, 1.165) is 0 Å². The highest BCUT2D eigenvalue weighted by molar-refractivity contribution is 5.77. The van der Waals surface area contributed by atoms with Crippen LogP contribution < -0.4 is 16.0 Å². The van der Waals surface area contributed by atoms with Crippen molar-refractivity contribution in [1.29, 1.82) is 0 Å². The van der Waals surface area contributed by atoms with Crippen molar-refractivity contribution in [3.63, 3.8) is 0 Å². The van der Waals surface area contributed by atoms with Crippen molar-refractivity contribution < 1.29 is 19.8 Å². The lowest BCUT2D eigenvalue weighted by molar-refractivity contribution is -0.138. The van der Waals surface area contributed by atoms with Crippen molar-refractivity contribution in [2.75, 3.05) is 22.5 Å². The third-order valence-electron chi connectivity index (χ3n) is 2.40.